The highest BCUT2D eigenvalue weighted by Gasteiger charge is 2.28. The van der Waals surface area contributed by atoms with Gasteiger partial charge in [0.2, 0.25) is 0 Å². The average molecular weight is 307 g/mol. The van der Waals surface area contributed by atoms with E-state index in [0.29, 0.717) is 6.54 Å². The van der Waals surface area contributed by atoms with Gasteiger partial charge in [0.15, 0.2) is 0 Å². The van der Waals surface area contributed by atoms with Crippen LogP contribution in [0.2, 0.25) is 0 Å². The number of aliphatic hydroxyl groups is 1. The van der Waals surface area contributed by atoms with E-state index in [-0.39, 0.29) is 10.6 Å². The van der Waals surface area contributed by atoms with Crippen LogP contribution in [0.3, 0.4) is 0 Å². The molecule has 1 aliphatic rings. The number of hydrogen-bond donors (Lipinski definition) is 1. The summed E-state index contributed by atoms with van der Waals surface area (Å²) in [6, 6.07) is 6.79. The molecule has 0 bridgehead atoms. The number of benzene rings is 1. The maximum Gasteiger partial charge on any atom is 0.271 e. The number of hydrogen-bond acceptors (Lipinski definition) is 5. The van der Waals surface area contributed by atoms with Crippen LogP contribution in [0.1, 0.15) is 26.7 Å². The summed E-state index contributed by atoms with van der Waals surface area (Å²) in [6.07, 6.45) is 1.52. The van der Waals surface area contributed by atoms with Gasteiger partial charge in [-0.2, -0.15) is 0 Å². The van der Waals surface area contributed by atoms with Crippen LogP contribution in [0.15, 0.2) is 24.3 Å². The van der Waals surface area contributed by atoms with Crippen molar-refractivity contribution in [1.29, 1.82) is 0 Å². The van der Waals surface area contributed by atoms with Crippen LogP contribution in [-0.2, 0) is 0 Å². The molecular weight excluding hydrogens is 282 g/mol. The van der Waals surface area contributed by atoms with E-state index in [1.807, 2.05) is 19.9 Å². The van der Waals surface area contributed by atoms with Gasteiger partial charge < -0.3 is 10.0 Å². The first-order valence-corrected chi connectivity index (χ1v) is 7.91. The van der Waals surface area contributed by atoms with Crippen molar-refractivity contribution in [2.45, 2.75) is 32.3 Å². The second-order valence-electron chi connectivity index (χ2n) is 5.97. The SMILES string of the molecule is CCC(O)(CC)CN1CCN(c2cccc([N+](=O)[O-])c2)CC1. The first-order chi connectivity index (χ1) is 10.5. The first-order valence-electron chi connectivity index (χ1n) is 7.91. The Kier molecular flexibility index (Phi) is 5.37. The highest BCUT2D eigenvalue weighted by atomic mass is 16.6. The highest BCUT2D eigenvalue weighted by molar-refractivity contribution is 5.53. The summed E-state index contributed by atoms with van der Waals surface area (Å²) in [5, 5.41) is 21.3. The number of piperazine rings is 1. The summed E-state index contributed by atoms with van der Waals surface area (Å²) in [6.45, 7) is 8.11. The molecule has 1 N–H and O–H groups in total. The summed E-state index contributed by atoms with van der Waals surface area (Å²) in [5.41, 5.74) is 0.426. The van der Waals surface area contributed by atoms with Gasteiger partial charge in [-0.15, -0.1) is 0 Å². The number of nitrogens with zero attached hydrogens (tertiary/aromatic N) is 3. The summed E-state index contributed by atoms with van der Waals surface area (Å²) in [4.78, 5) is 14.9. The fourth-order valence-electron chi connectivity index (χ4n) is 2.86. The quantitative estimate of drug-likeness (QED) is 0.645. The molecule has 122 valence electrons. The Morgan fingerprint density at radius 3 is 2.41 bits per heavy atom. The molecule has 6 nitrogen and oxygen atoms in total. The molecule has 1 heterocycles. The first kappa shape index (κ1) is 16.7. The minimum Gasteiger partial charge on any atom is -0.389 e. The molecule has 0 aromatic heterocycles. The van der Waals surface area contributed by atoms with Crippen LogP contribution in [0.25, 0.3) is 0 Å². The van der Waals surface area contributed by atoms with Gasteiger partial charge in [-0.25, -0.2) is 0 Å². The Hall–Kier alpha value is -1.66. The van der Waals surface area contributed by atoms with E-state index in [4.69, 9.17) is 0 Å². The van der Waals surface area contributed by atoms with E-state index in [0.717, 1.165) is 44.7 Å². The largest absolute Gasteiger partial charge is 0.389 e. The number of nitro benzene ring substituents is 1. The lowest BCUT2D eigenvalue weighted by atomic mass is 9.96. The van der Waals surface area contributed by atoms with Gasteiger partial charge in [0.25, 0.3) is 5.69 Å². The number of rotatable bonds is 6. The molecule has 1 aliphatic heterocycles. The predicted molar refractivity (Wildman–Crippen MR) is 87.3 cm³/mol. The van der Waals surface area contributed by atoms with Gasteiger partial charge in [0.1, 0.15) is 0 Å². The van der Waals surface area contributed by atoms with E-state index >= 15 is 0 Å². The van der Waals surface area contributed by atoms with Gasteiger partial charge >= 0.3 is 0 Å². The molecule has 22 heavy (non-hydrogen) atoms. The average Bonchev–Trinajstić information content (AvgIpc) is 2.55. The predicted octanol–water partition coefficient (Wildman–Crippen LogP) is 2.27. The zero-order valence-electron chi connectivity index (χ0n) is 13.4. The molecule has 1 aromatic rings. The third kappa shape index (κ3) is 3.96. The van der Waals surface area contributed by atoms with Crippen molar-refractivity contribution in [2.24, 2.45) is 0 Å². The standard InChI is InChI=1S/C16H25N3O3/c1-3-16(20,4-2)13-17-8-10-18(11-9-17)14-6-5-7-15(12-14)19(21)22/h5-7,12,20H,3-4,8-11,13H2,1-2H3. The molecule has 0 unspecified atom stereocenters. The van der Waals surface area contributed by atoms with E-state index in [9.17, 15) is 15.2 Å². The lowest BCUT2D eigenvalue weighted by Crippen LogP contribution is -2.51. The monoisotopic (exact) mass is 307 g/mol. The van der Waals surface area contributed by atoms with Gasteiger partial charge in [0, 0.05) is 50.5 Å². The van der Waals surface area contributed by atoms with Crippen LogP contribution in [0.5, 0.6) is 0 Å². The molecule has 1 aromatic carbocycles. The molecule has 6 heteroatoms. The summed E-state index contributed by atoms with van der Waals surface area (Å²) < 4.78 is 0. The lowest BCUT2D eigenvalue weighted by Gasteiger charge is -2.39. The van der Waals surface area contributed by atoms with E-state index < -0.39 is 5.60 Å². The van der Waals surface area contributed by atoms with Gasteiger partial charge in [-0.3, -0.25) is 15.0 Å². The Bertz CT molecular complexity index is 509. The summed E-state index contributed by atoms with van der Waals surface area (Å²) in [7, 11) is 0. The zero-order chi connectivity index (χ0) is 16.2. The van der Waals surface area contributed by atoms with Crippen molar-refractivity contribution >= 4 is 11.4 Å². The van der Waals surface area contributed by atoms with E-state index in [1.165, 1.54) is 6.07 Å². The number of β-amino-alcohol motifs (C(OH)–C–C–N with tert-alkyl or cyclic N) is 1. The van der Waals surface area contributed by atoms with Crippen molar-refractivity contribution in [3.8, 4) is 0 Å². The zero-order valence-corrected chi connectivity index (χ0v) is 13.4. The molecule has 0 aliphatic carbocycles. The van der Waals surface area contributed by atoms with Crippen molar-refractivity contribution in [3.63, 3.8) is 0 Å². The van der Waals surface area contributed by atoms with Gasteiger partial charge in [-0.1, -0.05) is 19.9 Å². The normalized spacial score (nSPS) is 16.8. The maximum absolute atomic E-state index is 10.9. The molecule has 2 rings (SSSR count). The highest BCUT2D eigenvalue weighted by Crippen LogP contribution is 2.23. The second-order valence-corrected chi connectivity index (χ2v) is 5.97. The summed E-state index contributed by atoms with van der Waals surface area (Å²) >= 11 is 0. The second kappa shape index (κ2) is 7.07. The fraction of sp³-hybridized carbons (Fsp3) is 0.625. The fourth-order valence-corrected chi connectivity index (χ4v) is 2.86. The van der Waals surface area contributed by atoms with Crippen molar-refractivity contribution in [1.82, 2.24) is 4.90 Å². The van der Waals surface area contributed by atoms with Crippen molar-refractivity contribution < 1.29 is 10.0 Å². The maximum atomic E-state index is 10.9. The Morgan fingerprint density at radius 1 is 1.23 bits per heavy atom. The topological polar surface area (TPSA) is 69.8 Å². The van der Waals surface area contributed by atoms with E-state index in [1.54, 1.807) is 12.1 Å². The van der Waals surface area contributed by atoms with Crippen LogP contribution < -0.4 is 4.90 Å². The van der Waals surface area contributed by atoms with Gasteiger partial charge in [0.05, 0.1) is 10.5 Å². The molecule has 0 radical (unpaired) electrons. The minimum atomic E-state index is -0.603. The van der Waals surface area contributed by atoms with Crippen LogP contribution >= 0.6 is 0 Å². The Labute approximate surface area is 131 Å². The smallest absolute Gasteiger partial charge is 0.271 e. The van der Waals surface area contributed by atoms with Gasteiger partial charge in [-0.05, 0) is 18.9 Å². The molecule has 1 saturated heterocycles. The summed E-state index contributed by atoms with van der Waals surface area (Å²) in [5.74, 6) is 0. The molecule has 0 atom stereocenters. The van der Waals surface area contributed by atoms with Crippen molar-refractivity contribution in [2.75, 3.05) is 37.6 Å². The number of nitro groups is 1. The third-order valence-corrected chi connectivity index (χ3v) is 4.61. The molecule has 0 amide bonds. The lowest BCUT2D eigenvalue weighted by molar-refractivity contribution is -0.384. The molecule has 0 saturated carbocycles. The molecule has 0 spiro atoms. The Morgan fingerprint density at radius 2 is 1.86 bits per heavy atom. The van der Waals surface area contributed by atoms with E-state index in [2.05, 4.69) is 9.80 Å². The molecule has 1 fully saturated rings. The van der Waals surface area contributed by atoms with Crippen molar-refractivity contribution in [3.05, 3.63) is 34.4 Å². The third-order valence-electron chi connectivity index (χ3n) is 4.61. The molecular formula is C16H25N3O3. The number of non-ortho nitro benzene ring substituents is 1. The number of anilines is 1. The Balaban J connectivity index is 1.95. The van der Waals surface area contributed by atoms with Crippen LogP contribution in [0.4, 0.5) is 11.4 Å². The van der Waals surface area contributed by atoms with Crippen LogP contribution in [0, 0.1) is 10.1 Å². The minimum absolute atomic E-state index is 0.131. The van der Waals surface area contributed by atoms with Crippen LogP contribution in [-0.4, -0.2) is 53.3 Å².